The van der Waals surface area contributed by atoms with Gasteiger partial charge in [0.05, 0.1) is 13.2 Å². The van der Waals surface area contributed by atoms with Crippen LogP contribution in [0.5, 0.6) is 0 Å². The van der Waals surface area contributed by atoms with Crippen LogP contribution in [0.1, 0.15) is 12.8 Å². The van der Waals surface area contributed by atoms with Gasteiger partial charge in [0, 0.05) is 6.54 Å². The van der Waals surface area contributed by atoms with E-state index in [0.29, 0.717) is 6.54 Å². The Balaban J connectivity index is 0.000000810. The van der Waals surface area contributed by atoms with Gasteiger partial charge in [-0.15, -0.1) is 12.4 Å². The van der Waals surface area contributed by atoms with Crippen molar-refractivity contribution in [1.29, 1.82) is 0 Å². The SMILES string of the molecule is Cl.NCC=C1CCOCC1. The lowest BCUT2D eigenvalue weighted by molar-refractivity contribution is 0.119. The van der Waals surface area contributed by atoms with Gasteiger partial charge in [0.2, 0.25) is 0 Å². The summed E-state index contributed by atoms with van der Waals surface area (Å²) >= 11 is 0. The summed E-state index contributed by atoms with van der Waals surface area (Å²) in [6, 6.07) is 0. The molecule has 1 aliphatic heterocycles. The molecule has 3 heteroatoms. The smallest absolute Gasteiger partial charge is 0.0503 e. The normalized spacial score (nSPS) is 17.9. The van der Waals surface area contributed by atoms with Crippen molar-refractivity contribution in [2.45, 2.75) is 12.8 Å². The van der Waals surface area contributed by atoms with Crippen LogP contribution in [0.2, 0.25) is 0 Å². The molecule has 10 heavy (non-hydrogen) atoms. The van der Waals surface area contributed by atoms with Crippen LogP contribution >= 0.6 is 12.4 Å². The summed E-state index contributed by atoms with van der Waals surface area (Å²) in [5, 5.41) is 0. The van der Waals surface area contributed by atoms with Gasteiger partial charge in [-0.3, -0.25) is 0 Å². The van der Waals surface area contributed by atoms with Crippen LogP contribution in [0.15, 0.2) is 11.6 Å². The second-order valence-corrected chi connectivity index (χ2v) is 2.21. The van der Waals surface area contributed by atoms with Crippen molar-refractivity contribution in [2.75, 3.05) is 19.8 Å². The maximum absolute atomic E-state index is 5.34. The zero-order chi connectivity index (χ0) is 6.53. The quantitative estimate of drug-likeness (QED) is 0.588. The van der Waals surface area contributed by atoms with Crippen molar-refractivity contribution in [3.8, 4) is 0 Å². The second kappa shape index (κ2) is 5.71. The molecule has 0 saturated carbocycles. The summed E-state index contributed by atoms with van der Waals surface area (Å²) in [5.74, 6) is 0. The van der Waals surface area contributed by atoms with Crippen molar-refractivity contribution < 1.29 is 4.74 Å². The van der Waals surface area contributed by atoms with Crippen LogP contribution in [0, 0.1) is 0 Å². The highest BCUT2D eigenvalue weighted by Crippen LogP contribution is 2.11. The molecule has 0 aliphatic carbocycles. The van der Waals surface area contributed by atoms with E-state index in [9.17, 15) is 0 Å². The average Bonchev–Trinajstić information content (AvgIpc) is 1.91. The zero-order valence-electron chi connectivity index (χ0n) is 6.01. The molecule has 0 atom stereocenters. The summed E-state index contributed by atoms with van der Waals surface area (Å²) < 4.78 is 5.16. The highest BCUT2D eigenvalue weighted by Gasteiger charge is 2.02. The fourth-order valence-corrected chi connectivity index (χ4v) is 1.00. The summed E-state index contributed by atoms with van der Waals surface area (Å²) in [4.78, 5) is 0. The molecule has 1 heterocycles. The first-order valence-electron chi connectivity index (χ1n) is 3.39. The lowest BCUT2D eigenvalue weighted by atomic mass is 10.1. The molecule has 1 fully saturated rings. The largest absolute Gasteiger partial charge is 0.381 e. The highest BCUT2D eigenvalue weighted by molar-refractivity contribution is 5.85. The Morgan fingerprint density at radius 1 is 1.40 bits per heavy atom. The van der Waals surface area contributed by atoms with Crippen LogP contribution in [0.3, 0.4) is 0 Å². The Bertz CT molecular complexity index is 106. The van der Waals surface area contributed by atoms with E-state index in [1.807, 2.05) is 0 Å². The third kappa shape index (κ3) is 3.20. The summed E-state index contributed by atoms with van der Waals surface area (Å²) in [5.41, 5.74) is 6.80. The first kappa shape index (κ1) is 9.95. The van der Waals surface area contributed by atoms with E-state index < -0.39 is 0 Å². The lowest BCUT2D eigenvalue weighted by Crippen LogP contribution is -2.08. The Morgan fingerprint density at radius 2 is 2.00 bits per heavy atom. The first-order valence-corrected chi connectivity index (χ1v) is 3.39. The summed E-state index contributed by atoms with van der Waals surface area (Å²) in [7, 11) is 0. The number of rotatable bonds is 1. The molecule has 0 bridgehead atoms. The minimum absolute atomic E-state index is 0. The fourth-order valence-electron chi connectivity index (χ4n) is 1.00. The fraction of sp³-hybridized carbons (Fsp3) is 0.714. The summed E-state index contributed by atoms with van der Waals surface area (Å²) in [6.07, 6.45) is 4.26. The van der Waals surface area contributed by atoms with Crippen LogP contribution in [-0.4, -0.2) is 19.8 Å². The molecule has 1 rings (SSSR count). The molecule has 2 N–H and O–H groups in total. The molecular weight excluding hydrogens is 150 g/mol. The number of ether oxygens (including phenoxy) is 1. The highest BCUT2D eigenvalue weighted by atomic mass is 35.5. The van der Waals surface area contributed by atoms with E-state index in [4.69, 9.17) is 10.5 Å². The van der Waals surface area contributed by atoms with Crippen LogP contribution in [0.4, 0.5) is 0 Å². The molecule has 0 amide bonds. The number of hydrogen-bond acceptors (Lipinski definition) is 2. The van der Waals surface area contributed by atoms with Crippen LogP contribution < -0.4 is 5.73 Å². The van der Waals surface area contributed by atoms with E-state index in [1.165, 1.54) is 5.57 Å². The van der Waals surface area contributed by atoms with Gasteiger partial charge in [-0.1, -0.05) is 11.6 Å². The topological polar surface area (TPSA) is 35.2 Å². The standard InChI is InChI=1S/C7H13NO.ClH/c8-4-1-7-2-5-9-6-3-7;/h1H,2-6,8H2;1H. The van der Waals surface area contributed by atoms with E-state index in [1.54, 1.807) is 0 Å². The van der Waals surface area contributed by atoms with Crippen molar-refractivity contribution in [2.24, 2.45) is 5.73 Å². The van der Waals surface area contributed by atoms with Gasteiger partial charge in [0.15, 0.2) is 0 Å². The predicted molar refractivity (Wildman–Crippen MR) is 44.4 cm³/mol. The molecule has 60 valence electrons. The van der Waals surface area contributed by atoms with Crippen molar-refractivity contribution in [1.82, 2.24) is 0 Å². The third-order valence-corrected chi connectivity index (χ3v) is 1.54. The molecule has 0 aromatic rings. The maximum Gasteiger partial charge on any atom is 0.0503 e. The van der Waals surface area contributed by atoms with Gasteiger partial charge in [-0.05, 0) is 12.8 Å². The summed E-state index contributed by atoms with van der Waals surface area (Å²) in [6.45, 7) is 2.44. The Kier molecular flexibility index (Phi) is 5.69. The molecule has 0 radical (unpaired) electrons. The molecule has 0 spiro atoms. The van der Waals surface area contributed by atoms with E-state index in [0.717, 1.165) is 26.1 Å². The van der Waals surface area contributed by atoms with E-state index in [2.05, 4.69) is 6.08 Å². The molecule has 0 aromatic heterocycles. The molecule has 1 saturated heterocycles. The van der Waals surface area contributed by atoms with Crippen molar-refractivity contribution in [3.05, 3.63) is 11.6 Å². The van der Waals surface area contributed by atoms with E-state index in [-0.39, 0.29) is 12.4 Å². The monoisotopic (exact) mass is 163 g/mol. The number of hydrogen-bond donors (Lipinski definition) is 1. The van der Waals surface area contributed by atoms with Gasteiger partial charge < -0.3 is 10.5 Å². The minimum Gasteiger partial charge on any atom is -0.381 e. The third-order valence-electron chi connectivity index (χ3n) is 1.54. The Hall–Kier alpha value is -0.0500. The van der Waals surface area contributed by atoms with Crippen LogP contribution in [0.25, 0.3) is 0 Å². The number of nitrogens with two attached hydrogens (primary N) is 1. The van der Waals surface area contributed by atoms with Crippen molar-refractivity contribution >= 4 is 12.4 Å². The van der Waals surface area contributed by atoms with Gasteiger partial charge in [0.25, 0.3) is 0 Å². The molecule has 0 unspecified atom stereocenters. The molecule has 0 aromatic carbocycles. The van der Waals surface area contributed by atoms with Gasteiger partial charge >= 0.3 is 0 Å². The minimum atomic E-state index is 0. The Labute approximate surface area is 67.8 Å². The second-order valence-electron chi connectivity index (χ2n) is 2.21. The van der Waals surface area contributed by atoms with Gasteiger partial charge in [-0.25, -0.2) is 0 Å². The van der Waals surface area contributed by atoms with Crippen LogP contribution in [-0.2, 0) is 4.74 Å². The van der Waals surface area contributed by atoms with Gasteiger partial charge in [0.1, 0.15) is 0 Å². The van der Waals surface area contributed by atoms with Gasteiger partial charge in [-0.2, -0.15) is 0 Å². The maximum atomic E-state index is 5.34. The predicted octanol–water partition coefficient (Wildman–Crippen LogP) is 1.10. The molecule has 1 aliphatic rings. The molecular formula is C7H14ClNO. The lowest BCUT2D eigenvalue weighted by Gasteiger charge is -2.13. The number of halogens is 1. The Morgan fingerprint density at radius 3 is 2.50 bits per heavy atom. The molecule has 2 nitrogen and oxygen atoms in total. The van der Waals surface area contributed by atoms with E-state index >= 15 is 0 Å². The van der Waals surface area contributed by atoms with Crippen molar-refractivity contribution in [3.63, 3.8) is 0 Å². The average molecular weight is 164 g/mol. The first-order chi connectivity index (χ1) is 4.43. The zero-order valence-corrected chi connectivity index (χ0v) is 6.82.